The van der Waals surface area contributed by atoms with Gasteiger partial charge in [-0.25, -0.2) is 9.97 Å². The van der Waals surface area contributed by atoms with Crippen molar-refractivity contribution in [1.29, 1.82) is 0 Å². The van der Waals surface area contributed by atoms with E-state index in [9.17, 15) is 10.1 Å². The van der Waals surface area contributed by atoms with Gasteiger partial charge in [0.15, 0.2) is 5.82 Å². The van der Waals surface area contributed by atoms with Crippen LogP contribution < -0.4 is 5.73 Å². The zero-order valence-corrected chi connectivity index (χ0v) is 10.1. The number of nitrogen functional groups attached to an aromatic ring is 1. The summed E-state index contributed by atoms with van der Waals surface area (Å²) in [6, 6.07) is 5.97. The smallest absolute Gasteiger partial charge is 0.269 e. The van der Waals surface area contributed by atoms with E-state index < -0.39 is 4.92 Å². The van der Waals surface area contributed by atoms with Gasteiger partial charge in [-0.15, -0.1) is 0 Å². The van der Waals surface area contributed by atoms with E-state index in [0.29, 0.717) is 21.7 Å². The van der Waals surface area contributed by atoms with Crippen LogP contribution in [0.15, 0.2) is 34.9 Å². The van der Waals surface area contributed by atoms with Crippen molar-refractivity contribution in [3.8, 4) is 11.4 Å². The van der Waals surface area contributed by atoms with Crippen LogP contribution in [0, 0.1) is 10.1 Å². The quantitative estimate of drug-likeness (QED) is 0.678. The van der Waals surface area contributed by atoms with Gasteiger partial charge >= 0.3 is 0 Å². The Labute approximate surface area is 105 Å². The molecule has 0 saturated heterocycles. The van der Waals surface area contributed by atoms with Crippen LogP contribution in [0.1, 0.15) is 0 Å². The van der Waals surface area contributed by atoms with E-state index >= 15 is 0 Å². The summed E-state index contributed by atoms with van der Waals surface area (Å²) in [5.74, 6) is 0.758. The molecule has 0 bridgehead atoms. The van der Waals surface area contributed by atoms with Crippen LogP contribution in [0.25, 0.3) is 11.4 Å². The first kappa shape index (κ1) is 11.5. The van der Waals surface area contributed by atoms with Gasteiger partial charge in [-0.05, 0) is 28.1 Å². The number of rotatable bonds is 2. The number of nitro benzene ring substituents is 1. The second kappa shape index (κ2) is 4.46. The molecule has 0 atom stereocenters. The molecule has 0 amide bonds. The zero-order valence-electron chi connectivity index (χ0n) is 8.50. The zero-order chi connectivity index (χ0) is 12.4. The van der Waals surface area contributed by atoms with Gasteiger partial charge in [0.2, 0.25) is 0 Å². The lowest BCUT2D eigenvalue weighted by Crippen LogP contribution is -1.96. The normalized spacial score (nSPS) is 10.2. The number of nitrogens with two attached hydrogens (primary N) is 1. The summed E-state index contributed by atoms with van der Waals surface area (Å²) in [6.45, 7) is 0. The fourth-order valence-corrected chi connectivity index (χ4v) is 1.44. The number of aromatic nitrogens is 2. The van der Waals surface area contributed by atoms with Crippen molar-refractivity contribution in [2.45, 2.75) is 0 Å². The van der Waals surface area contributed by atoms with E-state index in [2.05, 4.69) is 25.9 Å². The Hall–Kier alpha value is -2.02. The standard InChI is InChI=1S/C10H7BrN4O2/c11-8-5-13-10(14-9(8)12)6-1-3-7(4-2-6)15(16)17/h1-5H,(H2,12,13,14). The molecular weight excluding hydrogens is 288 g/mol. The second-order valence-corrected chi connectivity index (χ2v) is 4.09. The molecule has 2 aromatic rings. The van der Waals surface area contributed by atoms with Gasteiger partial charge in [-0.2, -0.15) is 0 Å². The topological polar surface area (TPSA) is 94.9 Å². The Balaban J connectivity index is 2.39. The van der Waals surface area contributed by atoms with Crippen molar-refractivity contribution in [2.75, 3.05) is 5.73 Å². The molecule has 1 heterocycles. The van der Waals surface area contributed by atoms with Crippen LogP contribution in [-0.2, 0) is 0 Å². The number of non-ortho nitro benzene ring substituents is 1. The third-order valence-electron chi connectivity index (χ3n) is 2.11. The number of benzene rings is 1. The molecule has 0 aliphatic heterocycles. The van der Waals surface area contributed by atoms with Crippen molar-refractivity contribution in [1.82, 2.24) is 9.97 Å². The number of nitro groups is 1. The number of hydrogen-bond acceptors (Lipinski definition) is 5. The molecule has 0 fully saturated rings. The third kappa shape index (κ3) is 2.39. The summed E-state index contributed by atoms with van der Waals surface area (Å²) < 4.78 is 0.614. The Morgan fingerprint density at radius 3 is 2.47 bits per heavy atom. The molecule has 0 aliphatic carbocycles. The van der Waals surface area contributed by atoms with E-state index in [1.807, 2.05) is 0 Å². The Kier molecular flexibility index (Phi) is 3.01. The monoisotopic (exact) mass is 294 g/mol. The van der Waals surface area contributed by atoms with E-state index in [1.54, 1.807) is 18.3 Å². The first-order valence-corrected chi connectivity index (χ1v) is 5.40. The Morgan fingerprint density at radius 1 is 1.29 bits per heavy atom. The largest absolute Gasteiger partial charge is 0.383 e. The minimum absolute atomic E-state index is 0.0267. The maximum absolute atomic E-state index is 10.5. The average Bonchev–Trinajstić information content (AvgIpc) is 2.33. The molecule has 1 aromatic heterocycles. The summed E-state index contributed by atoms with van der Waals surface area (Å²) in [5, 5.41) is 10.5. The highest BCUT2D eigenvalue weighted by Gasteiger charge is 2.08. The van der Waals surface area contributed by atoms with Crippen molar-refractivity contribution >= 4 is 27.4 Å². The molecule has 0 unspecified atom stereocenters. The Bertz CT molecular complexity index is 571. The van der Waals surface area contributed by atoms with Crippen LogP contribution >= 0.6 is 15.9 Å². The Morgan fingerprint density at radius 2 is 1.94 bits per heavy atom. The fourth-order valence-electron chi connectivity index (χ4n) is 1.25. The second-order valence-electron chi connectivity index (χ2n) is 3.23. The van der Waals surface area contributed by atoms with Gasteiger partial charge in [0.25, 0.3) is 5.69 Å². The maximum Gasteiger partial charge on any atom is 0.269 e. The van der Waals surface area contributed by atoms with Crippen LogP contribution in [0.5, 0.6) is 0 Å². The number of hydrogen-bond donors (Lipinski definition) is 1. The molecule has 0 spiro atoms. The van der Waals surface area contributed by atoms with Gasteiger partial charge in [-0.3, -0.25) is 10.1 Å². The average molecular weight is 295 g/mol. The van der Waals surface area contributed by atoms with Gasteiger partial charge in [0.1, 0.15) is 5.82 Å². The molecule has 86 valence electrons. The molecule has 6 nitrogen and oxygen atoms in total. The third-order valence-corrected chi connectivity index (χ3v) is 2.72. The summed E-state index contributed by atoms with van der Waals surface area (Å²) in [6.07, 6.45) is 1.54. The highest BCUT2D eigenvalue weighted by atomic mass is 79.9. The molecule has 0 radical (unpaired) electrons. The SMILES string of the molecule is Nc1nc(-c2ccc([N+](=O)[O-])cc2)ncc1Br. The molecule has 2 rings (SSSR count). The van der Waals surface area contributed by atoms with E-state index in [4.69, 9.17) is 5.73 Å². The lowest BCUT2D eigenvalue weighted by molar-refractivity contribution is -0.384. The van der Waals surface area contributed by atoms with Gasteiger partial charge in [0, 0.05) is 23.9 Å². The van der Waals surface area contributed by atoms with E-state index in [-0.39, 0.29) is 5.69 Å². The van der Waals surface area contributed by atoms with Crippen LogP contribution in [0.3, 0.4) is 0 Å². The molecular formula is C10H7BrN4O2. The van der Waals surface area contributed by atoms with Crippen molar-refractivity contribution in [3.05, 3.63) is 45.0 Å². The van der Waals surface area contributed by atoms with Crippen LogP contribution in [0.2, 0.25) is 0 Å². The first-order valence-electron chi connectivity index (χ1n) is 4.61. The van der Waals surface area contributed by atoms with Crippen molar-refractivity contribution < 1.29 is 4.92 Å². The van der Waals surface area contributed by atoms with Crippen molar-refractivity contribution in [2.24, 2.45) is 0 Å². The summed E-state index contributed by atoms with van der Waals surface area (Å²) in [7, 11) is 0. The minimum Gasteiger partial charge on any atom is -0.383 e. The highest BCUT2D eigenvalue weighted by molar-refractivity contribution is 9.10. The molecule has 2 N–H and O–H groups in total. The molecule has 17 heavy (non-hydrogen) atoms. The summed E-state index contributed by atoms with van der Waals surface area (Å²) in [4.78, 5) is 18.2. The fraction of sp³-hybridized carbons (Fsp3) is 0. The minimum atomic E-state index is -0.458. The van der Waals surface area contributed by atoms with E-state index in [0.717, 1.165) is 0 Å². The van der Waals surface area contributed by atoms with E-state index in [1.165, 1.54) is 12.1 Å². The molecule has 1 aromatic carbocycles. The first-order chi connectivity index (χ1) is 8.08. The number of anilines is 1. The molecule has 0 saturated carbocycles. The molecule has 7 heteroatoms. The lowest BCUT2D eigenvalue weighted by atomic mass is 10.2. The number of nitrogens with zero attached hydrogens (tertiary/aromatic N) is 3. The van der Waals surface area contributed by atoms with Gasteiger partial charge in [0.05, 0.1) is 9.40 Å². The van der Waals surface area contributed by atoms with Crippen LogP contribution in [0.4, 0.5) is 11.5 Å². The van der Waals surface area contributed by atoms with Gasteiger partial charge in [-0.1, -0.05) is 0 Å². The highest BCUT2D eigenvalue weighted by Crippen LogP contribution is 2.22. The predicted octanol–water partition coefficient (Wildman–Crippen LogP) is 2.40. The van der Waals surface area contributed by atoms with Gasteiger partial charge < -0.3 is 5.73 Å². The summed E-state index contributed by atoms with van der Waals surface area (Å²) in [5.41, 5.74) is 6.33. The predicted molar refractivity (Wildman–Crippen MR) is 66.2 cm³/mol. The lowest BCUT2D eigenvalue weighted by Gasteiger charge is -2.02. The van der Waals surface area contributed by atoms with Crippen molar-refractivity contribution in [3.63, 3.8) is 0 Å². The summed E-state index contributed by atoms with van der Waals surface area (Å²) >= 11 is 3.19. The molecule has 0 aliphatic rings. The van der Waals surface area contributed by atoms with Crippen LogP contribution in [-0.4, -0.2) is 14.9 Å². The number of halogens is 1. The maximum atomic E-state index is 10.5.